The minimum atomic E-state index is -8.55. The molecule has 0 saturated heterocycles. The first-order valence-corrected chi connectivity index (χ1v) is 15.3. The fraction of sp³-hybridized carbons (Fsp3) is 0.913. The fourth-order valence-electron chi connectivity index (χ4n) is 3.80. The third kappa shape index (κ3) is 10.0. The molecule has 0 aliphatic heterocycles. The van der Waals surface area contributed by atoms with Crippen molar-refractivity contribution in [3.8, 4) is 0 Å². The van der Waals surface area contributed by atoms with Crippen LogP contribution in [0.1, 0.15) is 38.5 Å². The molecule has 0 amide bonds. The Balaban J connectivity index is 7.09. The highest BCUT2D eigenvalue weighted by Crippen LogP contribution is 2.64. The second-order valence-corrected chi connectivity index (χ2v) is 14.5. The Morgan fingerprint density at radius 3 is 0.789 bits per heavy atom. The smallest absolute Gasteiger partial charge is 0.460 e. The Hall–Kier alpha value is -2.32. The zero-order chi connectivity index (χ0) is 46.5. The number of carboxylic acids is 2. The van der Waals surface area contributed by atoms with E-state index in [1.165, 1.54) is 0 Å². The molecule has 57 heavy (non-hydrogen) atoms. The minimum Gasteiger partial charge on any atom is -0.481 e. The molecule has 0 aromatic rings. The highest BCUT2D eigenvalue weighted by Gasteiger charge is 2.92. The SMILES string of the molecule is O=C(O)CCC(CCC(=O)O)(SC(F)CC(F)(F)C(F)(F)C(F)(F)C(F)(F)C(F)(F)C(F)(F)F)SC(F)CC(F)(F)C(F)(F)C(F)(F)C(F)(F)C(F)(F)C(F)(F)F. The Kier molecular flexibility index (Phi) is 15.6. The summed E-state index contributed by atoms with van der Waals surface area (Å²) in [5.74, 6) is -86.4. The number of aliphatic carboxylic acids is 2. The highest BCUT2D eigenvalue weighted by molar-refractivity contribution is 8.18. The summed E-state index contributed by atoms with van der Waals surface area (Å²) in [7, 11) is 0. The van der Waals surface area contributed by atoms with Crippen LogP contribution in [-0.4, -0.2) is 109 Å². The maximum Gasteiger partial charge on any atom is 0.460 e. The molecule has 0 aliphatic carbocycles. The van der Waals surface area contributed by atoms with Gasteiger partial charge in [0.2, 0.25) is 0 Å². The average molecular weight is 952 g/mol. The Labute approximate surface area is 304 Å². The van der Waals surface area contributed by atoms with E-state index in [0.29, 0.717) is 0 Å². The van der Waals surface area contributed by atoms with E-state index < -0.39 is 161 Å². The van der Waals surface area contributed by atoms with E-state index in [-0.39, 0.29) is 0 Å². The third-order valence-electron chi connectivity index (χ3n) is 6.96. The van der Waals surface area contributed by atoms with Crippen LogP contribution in [0.25, 0.3) is 0 Å². The normalized spacial score (nSPS) is 16.8. The van der Waals surface area contributed by atoms with Gasteiger partial charge in [0, 0.05) is 12.8 Å². The van der Waals surface area contributed by atoms with Gasteiger partial charge in [-0.25, -0.2) is 8.78 Å². The van der Waals surface area contributed by atoms with E-state index in [9.17, 15) is 133 Å². The Bertz CT molecular complexity index is 1300. The zero-order valence-electron chi connectivity index (χ0n) is 26.0. The molecule has 0 radical (unpaired) electrons. The van der Waals surface area contributed by atoms with Gasteiger partial charge in [-0.1, -0.05) is 0 Å². The van der Waals surface area contributed by atoms with E-state index in [2.05, 4.69) is 0 Å². The van der Waals surface area contributed by atoms with E-state index in [0.717, 1.165) is 0 Å². The van der Waals surface area contributed by atoms with Gasteiger partial charge in [-0.2, -0.15) is 114 Å². The molecule has 2 N–H and O–H groups in total. The van der Waals surface area contributed by atoms with Crippen LogP contribution < -0.4 is 0 Å². The van der Waals surface area contributed by atoms with Crippen LogP contribution in [-0.2, 0) is 9.59 Å². The molecule has 0 aliphatic rings. The largest absolute Gasteiger partial charge is 0.481 e. The van der Waals surface area contributed by atoms with Crippen LogP contribution in [0, 0.1) is 0 Å². The van der Waals surface area contributed by atoms with Gasteiger partial charge in [0.1, 0.15) is 0 Å². The molecule has 2 unspecified atom stereocenters. The monoisotopic (exact) mass is 952 g/mol. The lowest BCUT2D eigenvalue weighted by atomic mass is 9.93. The maximum atomic E-state index is 14.9. The summed E-state index contributed by atoms with van der Waals surface area (Å²) >= 11 is -3.09. The molecule has 0 spiro atoms. The maximum absolute atomic E-state index is 14.9. The van der Waals surface area contributed by atoms with Gasteiger partial charge in [-0.05, 0) is 12.8 Å². The van der Waals surface area contributed by atoms with Crippen molar-refractivity contribution in [2.45, 2.75) is 125 Å². The van der Waals surface area contributed by atoms with Crippen LogP contribution in [0.5, 0.6) is 0 Å². The van der Waals surface area contributed by atoms with Gasteiger partial charge >= 0.3 is 83.5 Å². The van der Waals surface area contributed by atoms with Gasteiger partial charge in [-0.15, -0.1) is 23.5 Å². The van der Waals surface area contributed by atoms with Gasteiger partial charge in [0.15, 0.2) is 11.0 Å². The molecule has 0 heterocycles. The molecule has 0 aromatic heterocycles. The average Bonchev–Trinajstić information content (AvgIpc) is 2.96. The third-order valence-corrected chi connectivity index (χ3v) is 10.1. The van der Waals surface area contributed by atoms with Crippen molar-refractivity contribution in [1.82, 2.24) is 0 Å². The van der Waals surface area contributed by atoms with Crippen LogP contribution in [0.15, 0.2) is 0 Å². The van der Waals surface area contributed by atoms with Crippen LogP contribution >= 0.6 is 23.5 Å². The fourth-order valence-corrected chi connectivity index (χ4v) is 7.04. The molecule has 4 nitrogen and oxygen atoms in total. The van der Waals surface area contributed by atoms with Crippen molar-refractivity contribution in [1.29, 1.82) is 0 Å². The summed E-state index contributed by atoms with van der Waals surface area (Å²) in [6.07, 6.45) is -31.0. The van der Waals surface area contributed by atoms with Crippen molar-refractivity contribution >= 4 is 35.5 Å². The van der Waals surface area contributed by atoms with Crippen molar-refractivity contribution in [2.24, 2.45) is 0 Å². The van der Waals surface area contributed by atoms with Gasteiger partial charge in [0.05, 0.1) is 16.9 Å². The molecular formula is C23H16F28O4S2. The first-order valence-electron chi connectivity index (χ1n) is 13.5. The number of halogens is 28. The number of carbonyl (C=O) groups is 2. The lowest BCUT2D eigenvalue weighted by Crippen LogP contribution is -2.70. The summed E-state index contributed by atoms with van der Waals surface area (Å²) in [6.45, 7) is 0. The molecule has 0 bridgehead atoms. The second kappa shape index (κ2) is 16.3. The zero-order valence-corrected chi connectivity index (χ0v) is 27.6. The first-order chi connectivity index (χ1) is 24.5. The molecule has 0 fully saturated rings. The molecule has 0 rings (SSSR count). The lowest BCUT2D eigenvalue weighted by molar-refractivity contribution is -0.440. The molecule has 0 saturated carbocycles. The van der Waals surface area contributed by atoms with Crippen molar-refractivity contribution < 1.29 is 143 Å². The van der Waals surface area contributed by atoms with Gasteiger partial charge in [0.25, 0.3) is 0 Å². The molecular weight excluding hydrogens is 936 g/mol. The summed E-state index contributed by atoms with van der Waals surface area (Å²) in [5, 5.41) is 17.7. The Morgan fingerprint density at radius 1 is 0.386 bits per heavy atom. The number of thioether (sulfide) groups is 2. The van der Waals surface area contributed by atoms with E-state index in [1.54, 1.807) is 0 Å². The quantitative estimate of drug-likeness (QED) is 0.0832. The van der Waals surface area contributed by atoms with Crippen molar-refractivity contribution in [2.75, 3.05) is 0 Å². The molecule has 0 aromatic carbocycles. The van der Waals surface area contributed by atoms with Crippen molar-refractivity contribution in [3.63, 3.8) is 0 Å². The van der Waals surface area contributed by atoms with Crippen molar-refractivity contribution in [3.05, 3.63) is 0 Å². The Morgan fingerprint density at radius 2 is 0.596 bits per heavy atom. The molecule has 34 heteroatoms. The first kappa shape index (κ1) is 54.7. The topological polar surface area (TPSA) is 74.6 Å². The van der Waals surface area contributed by atoms with Crippen LogP contribution in [0.3, 0.4) is 0 Å². The summed E-state index contributed by atoms with van der Waals surface area (Å²) in [4.78, 5) is 22.1. The summed E-state index contributed by atoms with van der Waals surface area (Å²) < 4.78 is 375. The van der Waals surface area contributed by atoms with Crippen LogP contribution in [0.2, 0.25) is 0 Å². The lowest BCUT2D eigenvalue weighted by Gasteiger charge is -2.41. The van der Waals surface area contributed by atoms with Gasteiger partial charge < -0.3 is 10.2 Å². The van der Waals surface area contributed by atoms with Crippen LogP contribution in [0.4, 0.5) is 123 Å². The number of alkyl halides is 28. The van der Waals surface area contributed by atoms with E-state index in [4.69, 9.17) is 10.2 Å². The van der Waals surface area contributed by atoms with Gasteiger partial charge in [-0.3, -0.25) is 9.59 Å². The minimum absolute atomic E-state index is 1.54. The number of carboxylic acid groups (broad SMARTS) is 2. The molecule has 2 atom stereocenters. The summed E-state index contributed by atoms with van der Waals surface area (Å²) in [5.41, 5.74) is -8.90. The predicted molar refractivity (Wildman–Crippen MR) is 132 cm³/mol. The standard InChI is InChI=1S/C23H16F28O4S2/c24-7(5-12(26,27)14(30,31)16(34,35)18(38,39)20(42,43)22(46,47)48)56-11(3-1-9(52)53,4-2-10(54)55)57-8(25)6-13(28,29)15(32,33)17(36,37)19(40,41)21(44,45)23(49,50)51/h7-8H,1-6H2,(H,52,53)(H,54,55). The summed E-state index contributed by atoms with van der Waals surface area (Å²) in [6, 6.07) is 0. The highest BCUT2D eigenvalue weighted by atomic mass is 32.2. The molecule has 340 valence electrons. The number of hydrogen-bond acceptors (Lipinski definition) is 4. The predicted octanol–water partition coefficient (Wildman–Crippen LogP) is 11.7. The second-order valence-electron chi connectivity index (χ2n) is 11.2. The van der Waals surface area contributed by atoms with E-state index >= 15 is 0 Å². The van der Waals surface area contributed by atoms with E-state index in [1.807, 2.05) is 0 Å². The number of hydrogen-bond donors (Lipinski definition) is 2. The number of rotatable bonds is 22.